The Bertz CT molecular complexity index is 1930. The second-order valence-corrected chi connectivity index (χ2v) is 9.76. The Balaban J connectivity index is 1.62. The van der Waals surface area contributed by atoms with Gasteiger partial charge >= 0.3 is 0 Å². The van der Waals surface area contributed by atoms with E-state index in [0.29, 0.717) is 0 Å². The molecule has 0 amide bonds. The van der Waals surface area contributed by atoms with Crippen LogP contribution in [-0.4, -0.2) is 4.98 Å². The van der Waals surface area contributed by atoms with E-state index in [4.69, 9.17) is 4.98 Å². The maximum atomic E-state index is 4.83. The quantitative estimate of drug-likeness (QED) is 0.234. The molecule has 1 aliphatic carbocycles. The number of thiophene rings is 1. The van der Waals surface area contributed by atoms with Gasteiger partial charge in [0.25, 0.3) is 0 Å². The van der Waals surface area contributed by atoms with Crippen molar-refractivity contribution >= 4 is 53.1 Å². The van der Waals surface area contributed by atoms with Gasteiger partial charge in [0, 0.05) is 48.4 Å². The Kier molecular flexibility index (Phi) is 3.34. The molecule has 2 heteroatoms. The van der Waals surface area contributed by atoms with Gasteiger partial charge in [-0.1, -0.05) is 84.9 Å². The van der Waals surface area contributed by atoms with Crippen LogP contribution < -0.4 is 0 Å². The van der Waals surface area contributed by atoms with Crippen LogP contribution in [0.2, 0.25) is 0 Å². The topological polar surface area (TPSA) is 12.9 Å². The molecule has 0 fully saturated rings. The summed E-state index contributed by atoms with van der Waals surface area (Å²) >= 11 is 1.90. The zero-order valence-corrected chi connectivity index (χ0v) is 18.5. The van der Waals surface area contributed by atoms with Crippen molar-refractivity contribution in [1.29, 1.82) is 0 Å². The van der Waals surface area contributed by atoms with Crippen LogP contribution in [0, 0.1) is 0 Å². The van der Waals surface area contributed by atoms with Gasteiger partial charge < -0.3 is 0 Å². The summed E-state index contributed by atoms with van der Waals surface area (Å²) in [5.74, 6) is 0. The van der Waals surface area contributed by atoms with E-state index in [1.165, 1.54) is 69.5 Å². The first-order chi connectivity index (χ1) is 16.4. The maximum absolute atomic E-state index is 4.83. The minimum atomic E-state index is 1.10. The van der Waals surface area contributed by atoms with Crippen LogP contribution in [-0.2, 0) is 0 Å². The van der Waals surface area contributed by atoms with Crippen molar-refractivity contribution in [3.05, 3.63) is 103 Å². The van der Waals surface area contributed by atoms with Crippen LogP contribution in [0.3, 0.4) is 0 Å². The molecule has 152 valence electrons. The smallest absolute Gasteiger partial charge is 0.0793 e. The molecule has 8 rings (SSSR count). The largest absolute Gasteiger partial charge is 0.256 e. The van der Waals surface area contributed by atoms with E-state index in [1.54, 1.807) is 0 Å². The number of hydrogen-bond donors (Lipinski definition) is 0. The second-order valence-electron chi connectivity index (χ2n) is 8.70. The summed E-state index contributed by atoms with van der Waals surface area (Å²) in [5, 5.41) is 7.89. The number of nitrogens with zero attached hydrogens (tertiary/aromatic N) is 1. The Hall–Kier alpha value is -4.01. The molecule has 0 N–H and O–H groups in total. The molecule has 33 heavy (non-hydrogen) atoms. The molecule has 1 aliphatic rings. The van der Waals surface area contributed by atoms with E-state index < -0.39 is 0 Å². The highest BCUT2D eigenvalue weighted by Gasteiger charge is 2.27. The predicted molar refractivity (Wildman–Crippen MR) is 142 cm³/mol. The molecular weight excluding hydrogens is 418 g/mol. The number of fused-ring (bicyclic) bond motifs is 8. The molecule has 0 saturated heterocycles. The highest BCUT2D eigenvalue weighted by Crippen LogP contribution is 2.53. The molecule has 0 radical (unpaired) electrons. The molecule has 2 heterocycles. The van der Waals surface area contributed by atoms with Gasteiger partial charge in [-0.15, -0.1) is 11.3 Å². The maximum Gasteiger partial charge on any atom is 0.0793 e. The highest BCUT2D eigenvalue weighted by molar-refractivity contribution is 7.26. The molecular formula is C31H17NS. The highest BCUT2D eigenvalue weighted by atomic mass is 32.1. The lowest BCUT2D eigenvalue weighted by Crippen LogP contribution is -1.89. The number of hydrogen-bond acceptors (Lipinski definition) is 2. The fraction of sp³-hybridized carbons (Fsp3) is 0. The molecule has 0 aliphatic heterocycles. The van der Waals surface area contributed by atoms with Gasteiger partial charge in [0.15, 0.2) is 0 Å². The monoisotopic (exact) mass is 435 g/mol. The fourth-order valence-corrected chi connectivity index (χ4v) is 6.98. The normalized spacial score (nSPS) is 12.2. The Morgan fingerprint density at radius 2 is 1.15 bits per heavy atom. The second kappa shape index (κ2) is 6.28. The van der Waals surface area contributed by atoms with Crippen molar-refractivity contribution in [3.8, 4) is 33.5 Å². The lowest BCUT2D eigenvalue weighted by Gasteiger charge is -2.15. The summed E-state index contributed by atoms with van der Waals surface area (Å²) in [6.45, 7) is 0. The molecule has 7 aromatic rings. The minimum absolute atomic E-state index is 1.10. The molecule has 2 aromatic heterocycles. The molecule has 0 bridgehead atoms. The van der Waals surface area contributed by atoms with Gasteiger partial charge in [-0.2, -0.15) is 0 Å². The van der Waals surface area contributed by atoms with Gasteiger partial charge in [-0.3, -0.25) is 4.98 Å². The van der Waals surface area contributed by atoms with E-state index in [0.717, 1.165) is 5.69 Å². The first-order valence-corrected chi connectivity index (χ1v) is 12.1. The zero-order chi connectivity index (χ0) is 21.5. The molecule has 1 nitrogen and oxygen atoms in total. The SMILES string of the molecule is c1cnc2c(c1)-c1cccc3c(-c4cccc5c4sc4ccccc45)c4ccccc4c-2c13. The van der Waals surface area contributed by atoms with Crippen molar-refractivity contribution < 1.29 is 0 Å². The van der Waals surface area contributed by atoms with Crippen LogP contribution in [0.4, 0.5) is 0 Å². The van der Waals surface area contributed by atoms with Gasteiger partial charge in [-0.05, 0) is 39.4 Å². The Morgan fingerprint density at radius 1 is 0.485 bits per heavy atom. The van der Waals surface area contributed by atoms with Gasteiger partial charge in [0.1, 0.15) is 0 Å². The van der Waals surface area contributed by atoms with Gasteiger partial charge in [0.05, 0.1) is 5.69 Å². The van der Waals surface area contributed by atoms with Crippen LogP contribution in [0.15, 0.2) is 103 Å². The van der Waals surface area contributed by atoms with Crippen molar-refractivity contribution in [3.63, 3.8) is 0 Å². The van der Waals surface area contributed by atoms with Crippen molar-refractivity contribution in [1.82, 2.24) is 4.98 Å². The summed E-state index contributed by atoms with van der Waals surface area (Å²) in [7, 11) is 0. The lowest BCUT2D eigenvalue weighted by molar-refractivity contribution is 1.35. The number of pyridine rings is 1. The third-order valence-corrected chi connectivity index (χ3v) is 8.28. The zero-order valence-electron chi connectivity index (χ0n) is 17.7. The molecule has 5 aromatic carbocycles. The number of benzene rings is 5. The molecule has 0 atom stereocenters. The average molecular weight is 436 g/mol. The van der Waals surface area contributed by atoms with Gasteiger partial charge in [0.2, 0.25) is 0 Å². The fourth-order valence-electron chi connectivity index (χ4n) is 5.76. The predicted octanol–water partition coefficient (Wildman–Crippen LogP) is 9.07. The minimum Gasteiger partial charge on any atom is -0.256 e. The summed E-state index contributed by atoms with van der Waals surface area (Å²) < 4.78 is 2.70. The van der Waals surface area contributed by atoms with E-state index in [-0.39, 0.29) is 0 Å². The van der Waals surface area contributed by atoms with E-state index in [9.17, 15) is 0 Å². The molecule has 0 unspecified atom stereocenters. The number of aromatic nitrogens is 1. The van der Waals surface area contributed by atoms with E-state index in [1.807, 2.05) is 23.6 Å². The van der Waals surface area contributed by atoms with Crippen molar-refractivity contribution in [2.24, 2.45) is 0 Å². The van der Waals surface area contributed by atoms with E-state index >= 15 is 0 Å². The Labute approximate surface area is 194 Å². The standard InChI is InChI=1S/C31H17NS/c1-2-10-20-19(9-1)27(25-14-6-12-23-18-8-3-4-16-26(18)33-31(23)25)24-13-5-11-21-22-15-7-17-32-30(22)29(20)28(21)24/h1-17H. The Morgan fingerprint density at radius 3 is 2.03 bits per heavy atom. The van der Waals surface area contributed by atoms with E-state index in [2.05, 4.69) is 91.0 Å². The lowest BCUT2D eigenvalue weighted by atomic mass is 9.88. The first-order valence-electron chi connectivity index (χ1n) is 11.2. The third-order valence-electron chi connectivity index (χ3n) is 7.06. The van der Waals surface area contributed by atoms with Crippen LogP contribution >= 0.6 is 11.3 Å². The third kappa shape index (κ3) is 2.19. The summed E-state index contributed by atoms with van der Waals surface area (Å²) in [6, 6.07) is 35.4. The van der Waals surface area contributed by atoms with Crippen molar-refractivity contribution in [2.75, 3.05) is 0 Å². The summed E-state index contributed by atoms with van der Waals surface area (Å²) in [5.41, 5.74) is 7.56. The summed E-state index contributed by atoms with van der Waals surface area (Å²) in [4.78, 5) is 4.83. The molecule has 0 saturated carbocycles. The van der Waals surface area contributed by atoms with Crippen LogP contribution in [0.1, 0.15) is 0 Å². The van der Waals surface area contributed by atoms with Crippen LogP contribution in [0.25, 0.3) is 75.2 Å². The van der Waals surface area contributed by atoms with Crippen LogP contribution in [0.5, 0.6) is 0 Å². The first kappa shape index (κ1) is 17.5. The van der Waals surface area contributed by atoms with Gasteiger partial charge in [-0.25, -0.2) is 0 Å². The molecule has 0 spiro atoms. The number of rotatable bonds is 1. The van der Waals surface area contributed by atoms with Crippen molar-refractivity contribution in [2.45, 2.75) is 0 Å². The summed E-state index contributed by atoms with van der Waals surface area (Å²) in [6.07, 6.45) is 1.91. The average Bonchev–Trinajstić information content (AvgIpc) is 3.42.